The second-order valence-corrected chi connectivity index (χ2v) is 16.5. The van der Waals surface area contributed by atoms with Gasteiger partial charge in [-0.15, -0.1) is 0 Å². The molecule has 7 fully saturated rings. The first-order valence-corrected chi connectivity index (χ1v) is 19.3. The van der Waals surface area contributed by atoms with E-state index in [9.17, 15) is 19.2 Å². The molecule has 2 unspecified atom stereocenters. The molecular formula is C37H62N6O4. The predicted octanol–water partition coefficient (Wildman–Crippen LogP) is 3.49. The number of carbonyl (C=O) groups excluding carboxylic acids is 4. The highest BCUT2D eigenvalue weighted by Crippen LogP contribution is 2.53. The lowest BCUT2D eigenvalue weighted by Gasteiger charge is -2.53. The van der Waals surface area contributed by atoms with Gasteiger partial charge in [-0.3, -0.25) is 19.2 Å². The molecule has 0 spiro atoms. The Morgan fingerprint density at radius 3 is 1.77 bits per heavy atom. The predicted molar refractivity (Wildman–Crippen MR) is 182 cm³/mol. The second kappa shape index (κ2) is 15.1. The minimum absolute atomic E-state index is 0.0150. The lowest BCUT2D eigenvalue weighted by Crippen LogP contribution is -2.61. The number of carbonyl (C=O) groups is 4. The smallest absolute Gasteiger partial charge is 0.226 e. The minimum atomic E-state index is -0.309. The first kappa shape index (κ1) is 34.7. The highest BCUT2D eigenvalue weighted by atomic mass is 16.2. The normalized spacial score (nSPS) is 38.3. The first-order chi connectivity index (χ1) is 22.7. The number of likely N-dealkylation sites (tertiary alicyclic amines) is 2. The molecule has 2 atom stereocenters. The van der Waals surface area contributed by atoms with Crippen molar-refractivity contribution >= 4 is 23.6 Å². The van der Waals surface area contributed by atoms with Gasteiger partial charge in [-0.05, 0) is 142 Å². The van der Waals surface area contributed by atoms with Crippen molar-refractivity contribution in [3.63, 3.8) is 0 Å². The largest absolute Gasteiger partial charge is 0.353 e. The van der Waals surface area contributed by atoms with Crippen molar-refractivity contribution in [1.82, 2.24) is 31.1 Å². The Morgan fingerprint density at radius 1 is 0.596 bits per heavy atom. The van der Waals surface area contributed by atoms with Crippen LogP contribution >= 0.6 is 0 Å². The zero-order valence-corrected chi connectivity index (χ0v) is 29.3. The van der Waals surface area contributed by atoms with Gasteiger partial charge in [-0.25, -0.2) is 0 Å². The maximum absolute atomic E-state index is 13.7. The first-order valence-electron chi connectivity index (χ1n) is 19.3. The molecule has 2 heterocycles. The Morgan fingerprint density at radius 2 is 1.15 bits per heavy atom. The molecule has 0 aromatic rings. The van der Waals surface area contributed by atoms with Gasteiger partial charge in [0.05, 0.1) is 5.92 Å². The van der Waals surface area contributed by atoms with E-state index in [0.29, 0.717) is 0 Å². The number of nitrogens with zero attached hydrogens (tertiary/aromatic N) is 2. The second-order valence-electron chi connectivity index (χ2n) is 16.5. The van der Waals surface area contributed by atoms with Gasteiger partial charge in [-0.2, -0.15) is 0 Å². The quantitative estimate of drug-likeness (QED) is 0.302. The molecule has 5 aliphatic carbocycles. The van der Waals surface area contributed by atoms with Crippen LogP contribution in [0.1, 0.15) is 122 Å². The summed E-state index contributed by atoms with van der Waals surface area (Å²) in [6, 6.07) is 0.606. The van der Waals surface area contributed by atoms with Crippen molar-refractivity contribution in [1.29, 1.82) is 0 Å². The van der Waals surface area contributed by atoms with Gasteiger partial charge < -0.3 is 31.1 Å². The monoisotopic (exact) mass is 654 g/mol. The molecule has 7 rings (SSSR count). The molecule has 2 bridgehead atoms. The molecule has 2 saturated heterocycles. The van der Waals surface area contributed by atoms with Crippen LogP contribution in [0.5, 0.6) is 0 Å². The van der Waals surface area contributed by atoms with Crippen molar-refractivity contribution in [3.8, 4) is 0 Å². The molecule has 10 nitrogen and oxygen atoms in total. The lowest BCUT2D eigenvalue weighted by atomic mass is 9.56. The van der Waals surface area contributed by atoms with Crippen LogP contribution in [0.3, 0.4) is 0 Å². The Labute approximate surface area is 282 Å². The molecule has 264 valence electrons. The Hall–Kier alpha value is -2.20. The average Bonchev–Trinajstić information content (AvgIpc) is 3.09. The number of hydrogen-bond donors (Lipinski definition) is 4. The summed E-state index contributed by atoms with van der Waals surface area (Å²) in [5.74, 6) is 0.936. The zero-order chi connectivity index (χ0) is 33.0. The van der Waals surface area contributed by atoms with Crippen LogP contribution in [0.4, 0.5) is 0 Å². The van der Waals surface area contributed by atoms with Crippen molar-refractivity contribution in [2.24, 2.45) is 23.2 Å². The molecule has 10 heteroatoms. The average molecular weight is 655 g/mol. The summed E-state index contributed by atoms with van der Waals surface area (Å²) in [5, 5.41) is 13.5. The molecule has 47 heavy (non-hydrogen) atoms. The van der Waals surface area contributed by atoms with Gasteiger partial charge in [-0.1, -0.05) is 6.92 Å². The van der Waals surface area contributed by atoms with Gasteiger partial charge in [0.15, 0.2) is 0 Å². The van der Waals surface area contributed by atoms with Crippen LogP contribution in [0.25, 0.3) is 0 Å². The van der Waals surface area contributed by atoms with E-state index in [-0.39, 0.29) is 70.5 Å². The van der Waals surface area contributed by atoms with Crippen molar-refractivity contribution in [2.45, 2.75) is 146 Å². The van der Waals surface area contributed by atoms with Crippen LogP contribution in [-0.2, 0) is 19.2 Å². The van der Waals surface area contributed by atoms with E-state index in [1.807, 2.05) is 0 Å². The van der Waals surface area contributed by atoms with E-state index >= 15 is 0 Å². The van der Waals surface area contributed by atoms with Crippen LogP contribution < -0.4 is 21.3 Å². The summed E-state index contributed by atoms with van der Waals surface area (Å²) < 4.78 is 0. The number of hydrogen-bond acceptors (Lipinski definition) is 6. The third kappa shape index (κ3) is 8.34. The fourth-order valence-electron chi connectivity index (χ4n) is 9.89. The number of amides is 4. The highest BCUT2D eigenvalue weighted by Gasteiger charge is 2.53. The van der Waals surface area contributed by atoms with E-state index in [1.54, 1.807) is 0 Å². The van der Waals surface area contributed by atoms with E-state index in [4.69, 9.17) is 0 Å². The summed E-state index contributed by atoms with van der Waals surface area (Å²) in [6.07, 6.45) is 16.2. The number of rotatable bonds is 9. The molecule has 5 saturated carbocycles. The summed E-state index contributed by atoms with van der Waals surface area (Å²) in [5.41, 5.74) is -0.481. The number of fused-ring (bicyclic) bond motifs is 3. The molecule has 0 aromatic heterocycles. The summed E-state index contributed by atoms with van der Waals surface area (Å²) in [7, 11) is 2.09. The third-order valence-corrected chi connectivity index (χ3v) is 13.3. The Bertz CT molecular complexity index is 1110. The SMILES string of the molecule is CCN1CCCC(NC(=O)C2CCC(NC(=O)C34CCC(NC(=O)C5CCC(NC(=O)C6CCCN(C)C6)CC5)(CC3)CC4)CC2)C1. The fraction of sp³-hybridized carbons (Fsp3) is 0.892. The molecule has 0 aromatic carbocycles. The topological polar surface area (TPSA) is 123 Å². The van der Waals surface area contributed by atoms with Crippen molar-refractivity contribution in [3.05, 3.63) is 0 Å². The summed E-state index contributed by atoms with van der Waals surface area (Å²) in [6.45, 7) is 7.23. The van der Waals surface area contributed by atoms with Gasteiger partial charge >= 0.3 is 0 Å². The van der Waals surface area contributed by atoms with Gasteiger partial charge in [0.25, 0.3) is 0 Å². The van der Waals surface area contributed by atoms with E-state index in [0.717, 1.165) is 148 Å². The van der Waals surface area contributed by atoms with Crippen LogP contribution in [0.2, 0.25) is 0 Å². The molecule has 4 N–H and O–H groups in total. The Kier molecular flexibility index (Phi) is 11.2. The van der Waals surface area contributed by atoms with Gasteiger partial charge in [0.2, 0.25) is 23.6 Å². The number of nitrogens with one attached hydrogen (secondary N) is 4. The number of likely N-dealkylation sites (N-methyl/N-ethyl adjacent to an activating group) is 1. The maximum atomic E-state index is 13.7. The standard InChI is InChI=1S/C37H62N6O4/c1-3-43-23-5-7-31(25-43)39-32(44)26-8-14-30(15-9-26)40-35(47)36-16-19-37(20-17-36,21-18-36)41-34(46)27-10-12-29(13-11-27)38-33(45)28-6-4-22-42(2)24-28/h26-31H,3-25H2,1-2H3,(H,38,45)(H,39,44)(H,40,47)(H,41,46). The molecule has 0 radical (unpaired) electrons. The maximum Gasteiger partial charge on any atom is 0.226 e. The Balaban J connectivity index is 0.892. The van der Waals surface area contributed by atoms with E-state index in [2.05, 4.69) is 45.0 Å². The van der Waals surface area contributed by atoms with E-state index < -0.39 is 0 Å². The molecule has 4 amide bonds. The van der Waals surface area contributed by atoms with Crippen LogP contribution in [0, 0.1) is 23.2 Å². The van der Waals surface area contributed by atoms with Crippen LogP contribution in [-0.4, -0.2) is 96.9 Å². The van der Waals surface area contributed by atoms with Crippen molar-refractivity contribution in [2.75, 3.05) is 39.8 Å². The third-order valence-electron chi connectivity index (χ3n) is 13.3. The van der Waals surface area contributed by atoms with E-state index in [1.165, 1.54) is 0 Å². The summed E-state index contributed by atoms with van der Waals surface area (Å²) >= 11 is 0. The zero-order valence-electron chi connectivity index (χ0n) is 29.3. The lowest BCUT2D eigenvalue weighted by molar-refractivity contribution is -0.141. The van der Waals surface area contributed by atoms with Crippen LogP contribution in [0.15, 0.2) is 0 Å². The summed E-state index contributed by atoms with van der Waals surface area (Å²) in [4.78, 5) is 57.6. The van der Waals surface area contributed by atoms with Crippen molar-refractivity contribution < 1.29 is 19.2 Å². The molecule has 7 aliphatic rings. The minimum Gasteiger partial charge on any atom is -0.353 e. The van der Waals surface area contributed by atoms with Gasteiger partial charge in [0.1, 0.15) is 0 Å². The highest BCUT2D eigenvalue weighted by molar-refractivity contribution is 5.84. The van der Waals surface area contributed by atoms with Gasteiger partial charge in [0, 0.05) is 54.0 Å². The fourth-order valence-corrected chi connectivity index (χ4v) is 9.89. The number of piperidine rings is 2. The molecular weight excluding hydrogens is 592 g/mol. The molecule has 2 aliphatic heterocycles.